The number of hydrogen-bond donors (Lipinski definition) is 1. The minimum Gasteiger partial charge on any atom is -0.486 e. The third-order valence-corrected chi connectivity index (χ3v) is 5.27. The molecule has 0 radical (unpaired) electrons. The molecular formula is C25H27N3O7. The van der Waals surface area contributed by atoms with Gasteiger partial charge in [0.2, 0.25) is 11.7 Å². The van der Waals surface area contributed by atoms with Crippen LogP contribution in [0.2, 0.25) is 0 Å². The number of rotatable bonds is 9. The normalized spacial score (nSPS) is 13.3. The van der Waals surface area contributed by atoms with Crippen LogP contribution in [0.5, 0.6) is 17.2 Å². The SMILES string of the molecule is Cc1nc(COc2ccc(C(=O)OCC(=O)N[C@@H](c3ccc4c(c3)OCCO4)C(C)C)cc2)no1. The highest BCUT2D eigenvalue weighted by Crippen LogP contribution is 2.34. The first-order chi connectivity index (χ1) is 16.9. The summed E-state index contributed by atoms with van der Waals surface area (Å²) in [4.78, 5) is 29.0. The molecule has 1 aliphatic heterocycles. The molecule has 0 fully saturated rings. The zero-order valence-electron chi connectivity index (χ0n) is 19.8. The van der Waals surface area contributed by atoms with Crippen LogP contribution < -0.4 is 19.5 Å². The van der Waals surface area contributed by atoms with E-state index >= 15 is 0 Å². The number of nitrogens with one attached hydrogen (secondary N) is 1. The maximum atomic E-state index is 12.5. The molecule has 35 heavy (non-hydrogen) atoms. The monoisotopic (exact) mass is 481 g/mol. The maximum absolute atomic E-state index is 12.5. The van der Waals surface area contributed by atoms with Gasteiger partial charge in [-0.15, -0.1) is 0 Å². The van der Waals surface area contributed by atoms with Crippen LogP contribution in [0.4, 0.5) is 0 Å². The second-order valence-electron chi connectivity index (χ2n) is 8.31. The van der Waals surface area contributed by atoms with E-state index in [2.05, 4.69) is 15.5 Å². The fourth-order valence-electron chi connectivity index (χ4n) is 3.55. The predicted octanol–water partition coefficient (Wildman–Crippen LogP) is 3.40. The van der Waals surface area contributed by atoms with Gasteiger partial charge in [0.25, 0.3) is 5.91 Å². The Bertz CT molecular complexity index is 1170. The van der Waals surface area contributed by atoms with Gasteiger partial charge >= 0.3 is 5.97 Å². The first-order valence-electron chi connectivity index (χ1n) is 11.3. The van der Waals surface area contributed by atoms with Gasteiger partial charge < -0.3 is 28.8 Å². The molecule has 0 spiro atoms. The number of fused-ring (bicyclic) bond motifs is 1. The summed E-state index contributed by atoms with van der Waals surface area (Å²) in [6.07, 6.45) is 0. The third kappa shape index (κ3) is 6.28. The zero-order valence-corrected chi connectivity index (χ0v) is 19.8. The second-order valence-corrected chi connectivity index (χ2v) is 8.31. The highest BCUT2D eigenvalue weighted by atomic mass is 16.6. The molecule has 1 aliphatic rings. The topological polar surface area (TPSA) is 122 Å². The highest BCUT2D eigenvalue weighted by Gasteiger charge is 2.22. The van der Waals surface area contributed by atoms with Crippen molar-refractivity contribution in [3.8, 4) is 17.2 Å². The molecule has 1 amide bonds. The molecule has 0 bridgehead atoms. The van der Waals surface area contributed by atoms with Gasteiger partial charge in [0.05, 0.1) is 11.6 Å². The quantitative estimate of drug-likeness (QED) is 0.458. The Kier molecular flexibility index (Phi) is 7.49. The Balaban J connectivity index is 1.28. The average molecular weight is 482 g/mol. The van der Waals surface area contributed by atoms with Gasteiger partial charge in [0, 0.05) is 6.92 Å². The predicted molar refractivity (Wildman–Crippen MR) is 123 cm³/mol. The second kappa shape index (κ2) is 10.9. The number of nitrogens with zero attached hydrogens (tertiary/aromatic N) is 2. The number of amides is 1. The molecule has 10 heteroatoms. The fraction of sp³-hybridized carbons (Fsp3) is 0.360. The Morgan fingerprint density at radius 3 is 2.49 bits per heavy atom. The first kappa shape index (κ1) is 24.1. The first-order valence-corrected chi connectivity index (χ1v) is 11.3. The fourth-order valence-corrected chi connectivity index (χ4v) is 3.55. The summed E-state index contributed by atoms with van der Waals surface area (Å²) < 4.78 is 26.9. The van der Waals surface area contributed by atoms with Gasteiger partial charge in [0.15, 0.2) is 24.7 Å². The van der Waals surface area contributed by atoms with Crippen molar-refractivity contribution in [2.24, 2.45) is 5.92 Å². The van der Waals surface area contributed by atoms with E-state index < -0.39 is 18.5 Å². The van der Waals surface area contributed by atoms with Gasteiger partial charge in [-0.05, 0) is 47.9 Å². The van der Waals surface area contributed by atoms with E-state index in [9.17, 15) is 9.59 Å². The molecule has 0 aliphatic carbocycles. The number of carbonyl (C=O) groups excluding carboxylic acids is 2. The lowest BCUT2D eigenvalue weighted by atomic mass is 9.95. The molecule has 0 saturated carbocycles. The van der Waals surface area contributed by atoms with Crippen molar-refractivity contribution in [1.29, 1.82) is 0 Å². The lowest BCUT2D eigenvalue weighted by Gasteiger charge is -2.25. The molecule has 2 heterocycles. The molecular weight excluding hydrogens is 454 g/mol. The van der Waals surface area contributed by atoms with Crippen molar-refractivity contribution in [2.45, 2.75) is 33.4 Å². The van der Waals surface area contributed by atoms with E-state index in [1.807, 2.05) is 32.0 Å². The van der Waals surface area contributed by atoms with Crippen LogP contribution in [0.3, 0.4) is 0 Å². The van der Waals surface area contributed by atoms with E-state index in [4.69, 9.17) is 23.5 Å². The smallest absolute Gasteiger partial charge is 0.338 e. The van der Waals surface area contributed by atoms with Gasteiger partial charge in [-0.2, -0.15) is 4.98 Å². The van der Waals surface area contributed by atoms with Gasteiger partial charge in [-0.3, -0.25) is 4.79 Å². The summed E-state index contributed by atoms with van der Waals surface area (Å²) in [6, 6.07) is 11.7. The lowest BCUT2D eigenvalue weighted by molar-refractivity contribution is -0.125. The van der Waals surface area contributed by atoms with Crippen LogP contribution in [0.1, 0.15) is 47.5 Å². The Morgan fingerprint density at radius 2 is 1.80 bits per heavy atom. The number of esters is 1. The molecule has 1 aromatic heterocycles. The van der Waals surface area contributed by atoms with Gasteiger partial charge in [0.1, 0.15) is 19.0 Å². The Morgan fingerprint density at radius 1 is 1.06 bits per heavy atom. The average Bonchev–Trinajstić information content (AvgIpc) is 3.29. The summed E-state index contributed by atoms with van der Waals surface area (Å²) in [6.45, 7) is 6.42. The molecule has 10 nitrogen and oxygen atoms in total. The molecule has 0 saturated heterocycles. The minimum atomic E-state index is -0.610. The largest absolute Gasteiger partial charge is 0.486 e. The van der Waals surface area contributed by atoms with Gasteiger partial charge in [-0.1, -0.05) is 25.1 Å². The minimum absolute atomic E-state index is 0.0983. The molecule has 1 N–H and O–H groups in total. The number of hydrogen-bond acceptors (Lipinski definition) is 9. The van der Waals surface area contributed by atoms with Crippen molar-refractivity contribution in [1.82, 2.24) is 15.5 Å². The molecule has 0 unspecified atom stereocenters. The van der Waals surface area contributed by atoms with E-state index in [1.54, 1.807) is 31.2 Å². The van der Waals surface area contributed by atoms with Crippen LogP contribution in [0.25, 0.3) is 0 Å². The molecule has 1 atom stereocenters. The molecule has 3 aromatic rings. The number of ether oxygens (including phenoxy) is 4. The summed E-state index contributed by atoms with van der Waals surface area (Å²) in [5.41, 5.74) is 1.18. The summed E-state index contributed by atoms with van der Waals surface area (Å²) >= 11 is 0. The van der Waals surface area contributed by atoms with E-state index in [0.29, 0.717) is 47.7 Å². The third-order valence-electron chi connectivity index (χ3n) is 5.27. The summed E-state index contributed by atoms with van der Waals surface area (Å²) in [5.74, 6) is 1.83. The zero-order chi connectivity index (χ0) is 24.8. The van der Waals surface area contributed by atoms with Crippen molar-refractivity contribution >= 4 is 11.9 Å². The van der Waals surface area contributed by atoms with Crippen LogP contribution in [0, 0.1) is 12.8 Å². The molecule has 4 rings (SSSR count). The van der Waals surface area contributed by atoms with E-state index in [0.717, 1.165) is 5.56 Å². The van der Waals surface area contributed by atoms with Crippen molar-refractivity contribution in [3.63, 3.8) is 0 Å². The number of aromatic nitrogens is 2. The van der Waals surface area contributed by atoms with Crippen LogP contribution in [0.15, 0.2) is 47.0 Å². The van der Waals surface area contributed by atoms with Crippen LogP contribution in [-0.2, 0) is 16.1 Å². The Labute approximate surface area is 202 Å². The standard InChI is InChI=1S/C25H27N3O7/c1-15(2)24(18-6-9-20-21(12-18)32-11-10-31-20)27-23(29)14-34-25(30)17-4-7-19(8-5-17)33-13-22-26-16(3)35-28-22/h4-9,12,15,24H,10-11,13-14H2,1-3H3,(H,27,29)/t24-/m1/s1. The van der Waals surface area contributed by atoms with Crippen LogP contribution in [-0.4, -0.2) is 41.8 Å². The van der Waals surface area contributed by atoms with Crippen molar-refractivity contribution in [3.05, 3.63) is 65.3 Å². The van der Waals surface area contributed by atoms with Crippen molar-refractivity contribution < 1.29 is 33.1 Å². The van der Waals surface area contributed by atoms with Crippen molar-refractivity contribution in [2.75, 3.05) is 19.8 Å². The number of aryl methyl sites for hydroxylation is 1. The highest BCUT2D eigenvalue weighted by molar-refractivity contribution is 5.91. The summed E-state index contributed by atoms with van der Waals surface area (Å²) in [7, 11) is 0. The van der Waals surface area contributed by atoms with E-state index in [-0.39, 0.29) is 18.6 Å². The summed E-state index contributed by atoms with van der Waals surface area (Å²) in [5, 5.41) is 6.69. The lowest BCUT2D eigenvalue weighted by Crippen LogP contribution is -2.35. The van der Waals surface area contributed by atoms with Gasteiger partial charge in [-0.25, -0.2) is 4.79 Å². The van der Waals surface area contributed by atoms with Crippen LogP contribution >= 0.6 is 0 Å². The molecule has 2 aromatic carbocycles. The maximum Gasteiger partial charge on any atom is 0.338 e. The number of carbonyl (C=O) groups is 2. The molecule has 184 valence electrons. The van der Waals surface area contributed by atoms with E-state index in [1.165, 1.54) is 0 Å². The number of benzene rings is 2. The Hall–Kier alpha value is -4.08.